The van der Waals surface area contributed by atoms with Gasteiger partial charge in [0.2, 0.25) is 0 Å². The van der Waals surface area contributed by atoms with Crippen LogP contribution in [0.5, 0.6) is 0 Å². The van der Waals surface area contributed by atoms with E-state index in [0.29, 0.717) is 0 Å². The van der Waals surface area contributed by atoms with E-state index in [9.17, 15) is 4.39 Å². The molecule has 1 fully saturated rings. The summed E-state index contributed by atoms with van der Waals surface area (Å²) < 4.78 is 13.6. The number of halogens is 1. The predicted octanol–water partition coefficient (Wildman–Crippen LogP) is 2.62. The molecule has 0 unspecified atom stereocenters. The van der Waals surface area contributed by atoms with Crippen LogP contribution < -0.4 is 0 Å². The van der Waals surface area contributed by atoms with E-state index in [4.69, 9.17) is 0 Å². The molecule has 1 heteroatoms. The molecule has 0 heterocycles. The molecule has 0 aliphatic heterocycles. The maximum absolute atomic E-state index is 13.6. The van der Waals surface area contributed by atoms with E-state index < -0.39 is 5.67 Å². The molecule has 0 aromatic heterocycles. The van der Waals surface area contributed by atoms with Crippen LogP contribution in [0.4, 0.5) is 4.39 Å². The SMILES string of the molecule is FC1(C2CCC2)C=CC=C1. The van der Waals surface area contributed by atoms with Crippen LogP contribution >= 0.6 is 0 Å². The van der Waals surface area contributed by atoms with E-state index in [0.717, 1.165) is 12.8 Å². The number of hydrogen-bond donors (Lipinski definition) is 0. The second-order valence-corrected chi connectivity index (χ2v) is 3.17. The molecule has 10 heavy (non-hydrogen) atoms. The lowest BCUT2D eigenvalue weighted by atomic mass is 9.74. The van der Waals surface area contributed by atoms with Gasteiger partial charge >= 0.3 is 0 Å². The normalized spacial score (nSPS) is 28.9. The zero-order valence-electron chi connectivity index (χ0n) is 5.89. The summed E-state index contributed by atoms with van der Waals surface area (Å²) >= 11 is 0. The maximum atomic E-state index is 13.6. The average molecular weight is 138 g/mol. The van der Waals surface area contributed by atoms with Crippen LogP contribution in [-0.2, 0) is 0 Å². The molecule has 0 atom stereocenters. The van der Waals surface area contributed by atoms with Gasteiger partial charge in [-0.05, 0) is 25.0 Å². The second kappa shape index (κ2) is 1.94. The van der Waals surface area contributed by atoms with Crippen molar-refractivity contribution in [3.63, 3.8) is 0 Å². The summed E-state index contributed by atoms with van der Waals surface area (Å²) in [5, 5.41) is 0. The Morgan fingerprint density at radius 1 is 1.20 bits per heavy atom. The number of hydrogen-bond acceptors (Lipinski definition) is 0. The van der Waals surface area contributed by atoms with Gasteiger partial charge < -0.3 is 0 Å². The highest BCUT2D eigenvalue weighted by atomic mass is 19.1. The quantitative estimate of drug-likeness (QED) is 0.522. The molecule has 0 N–H and O–H groups in total. The van der Waals surface area contributed by atoms with E-state index in [1.54, 1.807) is 24.3 Å². The first-order chi connectivity index (χ1) is 4.81. The summed E-state index contributed by atoms with van der Waals surface area (Å²) in [7, 11) is 0. The Bertz CT molecular complexity index is 175. The highest BCUT2D eigenvalue weighted by Gasteiger charge is 2.38. The molecule has 0 amide bonds. The van der Waals surface area contributed by atoms with Gasteiger partial charge in [0.15, 0.2) is 5.67 Å². The maximum Gasteiger partial charge on any atom is 0.150 e. The fourth-order valence-electron chi connectivity index (χ4n) is 1.58. The van der Waals surface area contributed by atoms with Crippen LogP contribution in [0.25, 0.3) is 0 Å². The van der Waals surface area contributed by atoms with Gasteiger partial charge in [-0.25, -0.2) is 4.39 Å². The summed E-state index contributed by atoms with van der Waals surface area (Å²) in [6.45, 7) is 0. The number of alkyl halides is 1. The zero-order chi connectivity index (χ0) is 7.03. The van der Waals surface area contributed by atoms with Gasteiger partial charge in [-0.2, -0.15) is 0 Å². The van der Waals surface area contributed by atoms with Crippen LogP contribution in [0, 0.1) is 5.92 Å². The third kappa shape index (κ3) is 0.731. The van der Waals surface area contributed by atoms with E-state index in [1.165, 1.54) is 6.42 Å². The molecular weight excluding hydrogens is 127 g/mol. The molecule has 0 spiro atoms. The number of rotatable bonds is 1. The largest absolute Gasteiger partial charge is 0.234 e. The van der Waals surface area contributed by atoms with E-state index in [-0.39, 0.29) is 5.92 Å². The molecule has 1 saturated carbocycles. The van der Waals surface area contributed by atoms with Crippen molar-refractivity contribution in [2.45, 2.75) is 24.9 Å². The minimum Gasteiger partial charge on any atom is -0.234 e. The molecule has 2 aliphatic carbocycles. The summed E-state index contributed by atoms with van der Waals surface area (Å²) in [6, 6.07) is 0. The van der Waals surface area contributed by atoms with Gasteiger partial charge in [0.05, 0.1) is 0 Å². The van der Waals surface area contributed by atoms with Gasteiger partial charge in [-0.15, -0.1) is 0 Å². The third-order valence-electron chi connectivity index (χ3n) is 2.55. The summed E-state index contributed by atoms with van der Waals surface area (Å²) in [5.74, 6) is 0.280. The summed E-state index contributed by atoms with van der Waals surface area (Å²) in [5.41, 5.74) is -1.07. The summed E-state index contributed by atoms with van der Waals surface area (Å²) in [6.07, 6.45) is 10.3. The molecule has 0 saturated heterocycles. The van der Waals surface area contributed by atoms with Crippen molar-refractivity contribution < 1.29 is 4.39 Å². The van der Waals surface area contributed by atoms with Crippen molar-refractivity contribution >= 4 is 0 Å². The Kier molecular flexibility index (Phi) is 1.19. The van der Waals surface area contributed by atoms with Crippen LogP contribution in [0.1, 0.15) is 19.3 Å². The molecule has 0 nitrogen and oxygen atoms in total. The molecule has 0 aromatic carbocycles. The Hall–Kier alpha value is -0.590. The second-order valence-electron chi connectivity index (χ2n) is 3.17. The Balaban J connectivity index is 2.13. The fourth-order valence-corrected chi connectivity index (χ4v) is 1.58. The van der Waals surface area contributed by atoms with Gasteiger partial charge in [-0.1, -0.05) is 18.6 Å². The minimum atomic E-state index is -1.07. The van der Waals surface area contributed by atoms with Crippen LogP contribution in [0.2, 0.25) is 0 Å². The minimum absolute atomic E-state index is 0.280. The lowest BCUT2D eigenvalue weighted by Gasteiger charge is -2.34. The first-order valence-corrected chi connectivity index (χ1v) is 3.87. The first kappa shape index (κ1) is 6.14. The molecular formula is C9H11F. The lowest BCUT2D eigenvalue weighted by Crippen LogP contribution is -2.32. The molecule has 0 aromatic rings. The standard InChI is InChI=1S/C9H11F/c10-9(6-1-2-7-9)8-4-3-5-8/h1-2,6-8H,3-5H2. The molecule has 0 radical (unpaired) electrons. The predicted molar refractivity (Wildman–Crippen MR) is 39.5 cm³/mol. The van der Waals surface area contributed by atoms with Crippen molar-refractivity contribution in [2.75, 3.05) is 0 Å². The topological polar surface area (TPSA) is 0 Å². The molecule has 0 bridgehead atoms. The van der Waals surface area contributed by atoms with Crippen LogP contribution in [0.15, 0.2) is 24.3 Å². The molecule has 2 rings (SSSR count). The number of allylic oxidation sites excluding steroid dienone is 4. The Labute approximate surface area is 60.4 Å². The summed E-state index contributed by atoms with van der Waals surface area (Å²) in [4.78, 5) is 0. The van der Waals surface area contributed by atoms with E-state index in [1.807, 2.05) is 0 Å². The highest BCUT2D eigenvalue weighted by Crippen LogP contribution is 2.42. The van der Waals surface area contributed by atoms with Crippen molar-refractivity contribution in [1.82, 2.24) is 0 Å². The zero-order valence-corrected chi connectivity index (χ0v) is 5.89. The molecule has 54 valence electrons. The van der Waals surface area contributed by atoms with Gasteiger partial charge in [0, 0.05) is 5.92 Å². The average Bonchev–Trinajstić information content (AvgIpc) is 2.09. The Morgan fingerprint density at radius 3 is 2.20 bits per heavy atom. The smallest absolute Gasteiger partial charge is 0.150 e. The fraction of sp³-hybridized carbons (Fsp3) is 0.556. The van der Waals surface area contributed by atoms with Gasteiger partial charge in [-0.3, -0.25) is 0 Å². The van der Waals surface area contributed by atoms with Crippen LogP contribution in [-0.4, -0.2) is 5.67 Å². The third-order valence-corrected chi connectivity index (χ3v) is 2.55. The monoisotopic (exact) mass is 138 g/mol. The highest BCUT2D eigenvalue weighted by molar-refractivity contribution is 5.29. The lowest BCUT2D eigenvalue weighted by molar-refractivity contribution is 0.123. The van der Waals surface area contributed by atoms with Gasteiger partial charge in [0.1, 0.15) is 0 Å². The van der Waals surface area contributed by atoms with E-state index in [2.05, 4.69) is 0 Å². The van der Waals surface area contributed by atoms with Gasteiger partial charge in [0.25, 0.3) is 0 Å². The van der Waals surface area contributed by atoms with Crippen molar-refractivity contribution in [3.05, 3.63) is 24.3 Å². The molecule has 2 aliphatic rings. The van der Waals surface area contributed by atoms with Crippen molar-refractivity contribution in [3.8, 4) is 0 Å². The Morgan fingerprint density at radius 2 is 1.80 bits per heavy atom. The first-order valence-electron chi connectivity index (χ1n) is 3.87. The van der Waals surface area contributed by atoms with E-state index >= 15 is 0 Å². The van der Waals surface area contributed by atoms with Crippen LogP contribution in [0.3, 0.4) is 0 Å². The van der Waals surface area contributed by atoms with Crippen molar-refractivity contribution in [1.29, 1.82) is 0 Å². The van der Waals surface area contributed by atoms with Crippen molar-refractivity contribution in [2.24, 2.45) is 5.92 Å².